The summed E-state index contributed by atoms with van der Waals surface area (Å²) < 4.78 is 0. The number of para-hydroxylation sites is 1. The smallest absolute Gasteiger partial charge is 0.0708 e. The fourth-order valence-electron chi connectivity index (χ4n) is 3.29. The molecule has 0 amide bonds. The lowest BCUT2D eigenvalue weighted by Crippen LogP contribution is -2.33. The van der Waals surface area contributed by atoms with Crippen LogP contribution in [0, 0.1) is 12.8 Å². The van der Waals surface area contributed by atoms with Crippen molar-refractivity contribution in [1.29, 1.82) is 0 Å². The second-order valence-electron chi connectivity index (χ2n) is 5.57. The van der Waals surface area contributed by atoms with E-state index in [0.717, 1.165) is 11.2 Å². The molecule has 1 unspecified atom stereocenters. The molecule has 1 aliphatic carbocycles. The quantitative estimate of drug-likeness (QED) is 0.654. The van der Waals surface area contributed by atoms with Crippen LogP contribution in [0.2, 0.25) is 0 Å². The van der Waals surface area contributed by atoms with E-state index in [2.05, 4.69) is 36.6 Å². The zero-order chi connectivity index (χ0) is 13.2. The number of nitrogens with two attached hydrogens (primary N) is 1. The molecule has 3 rings (SSSR count). The number of fused-ring (bicyclic) bond motifs is 1. The van der Waals surface area contributed by atoms with Crippen molar-refractivity contribution >= 4 is 10.9 Å². The second kappa shape index (κ2) is 5.27. The standard InChI is InChI=1S/C16H21N3/c1-11-10-15(16(19-17)12-6-2-3-7-12)18-14-9-5-4-8-13(11)14/h4-5,8-10,12,16,19H,2-3,6-7,17H2,1H3. The normalized spacial score (nSPS) is 18.0. The van der Waals surface area contributed by atoms with Crippen molar-refractivity contribution in [3.05, 3.63) is 41.6 Å². The number of hydrazine groups is 1. The number of nitrogens with one attached hydrogen (secondary N) is 1. The molecule has 3 nitrogen and oxygen atoms in total. The van der Waals surface area contributed by atoms with Crippen LogP contribution in [-0.4, -0.2) is 4.98 Å². The molecule has 1 fully saturated rings. The van der Waals surface area contributed by atoms with Crippen LogP contribution in [0.1, 0.15) is 43.0 Å². The van der Waals surface area contributed by atoms with E-state index >= 15 is 0 Å². The molecule has 0 spiro atoms. The van der Waals surface area contributed by atoms with Crippen LogP contribution in [0.25, 0.3) is 10.9 Å². The van der Waals surface area contributed by atoms with Crippen molar-refractivity contribution in [2.45, 2.75) is 38.6 Å². The molecule has 0 aliphatic heterocycles. The molecule has 1 heterocycles. The lowest BCUT2D eigenvalue weighted by atomic mass is 9.94. The Morgan fingerprint density at radius 2 is 2.00 bits per heavy atom. The van der Waals surface area contributed by atoms with Gasteiger partial charge in [0, 0.05) is 5.39 Å². The Morgan fingerprint density at radius 1 is 1.26 bits per heavy atom. The number of benzene rings is 1. The Balaban J connectivity index is 2.03. The lowest BCUT2D eigenvalue weighted by molar-refractivity contribution is 0.367. The fraction of sp³-hybridized carbons (Fsp3) is 0.438. The molecule has 1 atom stereocenters. The number of nitrogens with zero attached hydrogens (tertiary/aromatic N) is 1. The lowest BCUT2D eigenvalue weighted by Gasteiger charge is -2.22. The Hall–Kier alpha value is -1.45. The average Bonchev–Trinajstić information content (AvgIpc) is 2.94. The van der Waals surface area contributed by atoms with Gasteiger partial charge < -0.3 is 0 Å². The van der Waals surface area contributed by atoms with Gasteiger partial charge in [0.1, 0.15) is 0 Å². The number of pyridine rings is 1. The summed E-state index contributed by atoms with van der Waals surface area (Å²) >= 11 is 0. The molecule has 1 saturated carbocycles. The van der Waals surface area contributed by atoms with Gasteiger partial charge in [0.05, 0.1) is 17.3 Å². The van der Waals surface area contributed by atoms with Gasteiger partial charge in [-0.3, -0.25) is 16.3 Å². The van der Waals surface area contributed by atoms with Crippen molar-refractivity contribution in [3.63, 3.8) is 0 Å². The summed E-state index contributed by atoms with van der Waals surface area (Å²) in [5, 5.41) is 1.23. The minimum atomic E-state index is 0.186. The predicted molar refractivity (Wildman–Crippen MR) is 78.5 cm³/mol. The van der Waals surface area contributed by atoms with Crippen LogP contribution >= 0.6 is 0 Å². The van der Waals surface area contributed by atoms with Gasteiger partial charge >= 0.3 is 0 Å². The fourth-order valence-corrected chi connectivity index (χ4v) is 3.29. The molecular formula is C16H21N3. The van der Waals surface area contributed by atoms with E-state index < -0.39 is 0 Å². The minimum absolute atomic E-state index is 0.186. The summed E-state index contributed by atoms with van der Waals surface area (Å²) in [7, 11) is 0. The summed E-state index contributed by atoms with van der Waals surface area (Å²) in [6.07, 6.45) is 5.13. The first-order valence-electron chi connectivity index (χ1n) is 7.12. The number of hydrogen-bond acceptors (Lipinski definition) is 3. The zero-order valence-electron chi connectivity index (χ0n) is 11.4. The molecule has 19 heavy (non-hydrogen) atoms. The minimum Gasteiger partial charge on any atom is -0.271 e. The molecule has 1 aromatic carbocycles. The second-order valence-corrected chi connectivity index (χ2v) is 5.57. The van der Waals surface area contributed by atoms with Crippen LogP contribution < -0.4 is 11.3 Å². The molecule has 0 saturated heterocycles. The number of aryl methyl sites for hydroxylation is 1. The molecule has 1 aliphatic rings. The van der Waals surface area contributed by atoms with Crippen LogP contribution in [-0.2, 0) is 0 Å². The maximum atomic E-state index is 5.79. The summed E-state index contributed by atoms with van der Waals surface area (Å²) in [5.74, 6) is 6.41. The van der Waals surface area contributed by atoms with Gasteiger partial charge in [-0.15, -0.1) is 0 Å². The summed E-state index contributed by atoms with van der Waals surface area (Å²) in [4.78, 5) is 4.81. The summed E-state index contributed by atoms with van der Waals surface area (Å²) in [6, 6.07) is 10.7. The van der Waals surface area contributed by atoms with Crippen LogP contribution in [0.5, 0.6) is 0 Å². The van der Waals surface area contributed by atoms with Crippen molar-refractivity contribution < 1.29 is 0 Å². The van der Waals surface area contributed by atoms with E-state index in [1.165, 1.54) is 36.6 Å². The van der Waals surface area contributed by atoms with Crippen molar-refractivity contribution in [2.24, 2.45) is 11.8 Å². The number of aromatic nitrogens is 1. The van der Waals surface area contributed by atoms with E-state index in [1.54, 1.807) is 0 Å². The number of rotatable bonds is 3. The van der Waals surface area contributed by atoms with Gasteiger partial charge in [-0.2, -0.15) is 0 Å². The first-order chi connectivity index (χ1) is 9.29. The van der Waals surface area contributed by atoms with Gasteiger partial charge in [-0.25, -0.2) is 0 Å². The highest BCUT2D eigenvalue weighted by Crippen LogP contribution is 2.35. The average molecular weight is 255 g/mol. The summed E-state index contributed by atoms with van der Waals surface area (Å²) in [5.41, 5.74) is 6.42. The third-order valence-electron chi connectivity index (χ3n) is 4.31. The van der Waals surface area contributed by atoms with Crippen LogP contribution in [0.3, 0.4) is 0 Å². The van der Waals surface area contributed by atoms with E-state index in [-0.39, 0.29) is 6.04 Å². The maximum absolute atomic E-state index is 5.79. The van der Waals surface area contributed by atoms with Crippen molar-refractivity contribution in [1.82, 2.24) is 10.4 Å². The number of hydrogen-bond donors (Lipinski definition) is 2. The Bertz CT molecular complexity index is 573. The van der Waals surface area contributed by atoms with E-state index in [9.17, 15) is 0 Å². The molecule has 2 aromatic rings. The maximum Gasteiger partial charge on any atom is 0.0708 e. The Morgan fingerprint density at radius 3 is 2.74 bits per heavy atom. The predicted octanol–water partition coefficient (Wildman–Crippen LogP) is 3.24. The molecule has 3 N–H and O–H groups in total. The third-order valence-corrected chi connectivity index (χ3v) is 4.31. The third kappa shape index (κ3) is 2.36. The Labute approximate surface area is 114 Å². The van der Waals surface area contributed by atoms with Crippen molar-refractivity contribution in [2.75, 3.05) is 0 Å². The van der Waals surface area contributed by atoms with Gasteiger partial charge in [0.15, 0.2) is 0 Å². The molecular weight excluding hydrogens is 234 g/mol. The van der Waals surface area contributed by atoms with E-state index in [0.29, 0.717) is 5.92 Å². The first-order valence-corrected chi connectivity index (χ1v) is 7.12. The highest BCUT2D eigenvalue weighted by Gasteiger charge is 2.26. The monoisotopic (exact) mass is 255 g/mol. The van der Waals surface area contributed by atoms with Crippen LogP contribution in [0.4, 0.5) is 0 Å². The van der Waals surface area contributed by atoms with Gasteiger partial charge in [0.25, 0.3) is 0 Å². The molecule has 0 bridgehead atoms. The summed E-state index contributed by atoms with van der Waals surface area (Å²) in [6.45, 7) is 2.15. The first kappa shape index (κ1) is 12.6. The van der Waals surface area contributed by atoms with Gasteiger partial charge in [-0.1, -0.05) is 31.0 Å². The Kier molecular flexibility index (Phi) is 3.49. The molecule has 3 heteroatoms. The molecule has 1 aromatic heterocycles. The topological polar surface area (TPSA) is 50.9 Å². The van der Waals surface area contributed by atoms with Crippen LogP contribution in [0.15, 0.2) is 30.3 Å². The molecule has 100 valence electrons. The van der Waals surface area contributed by atoms with Gasteiger partial charge in [-0.05, 0) is 43.4 Å². The molecule has 0 radical (unpaired) electrons. The van der Waals surface area contributed by atoms with E-state index in [4.69, 9.17) is 10.8 Å². The van der Waals surface area contributed by atoms with Gasteiger partial charge in [0.2, 0.25) is 0 Å². The SMILES string of the molecule is Cc1cc(C(NN)C2CCCC2)nc2ccccc12. The van der Waals surface area contributed by atoms with Crippen molar-refractivity contribution in [3.8, 4) is 0 Å². The highest BCUT2D eigenvalue weighted by molar-refractivity contribution is 5.82. The zero-order valence-corrected chi connectivity index (χ0v) is 11.4. The van der Waals surface area contributed by atoms with E-state index in [1.807, 2.05) is 6.07 Å². The largest absolute Gasteiger partial charge is 0.271 e. The highest BCUT2D eigenvalue weighted by atomic mass is 15.2.